The first-order valence-electron chi connectivity index (χ1n) is 17.7. The Bertz CT molecular complexity index is 1200. The molecule has 6 unspecified atom stereocenters. The minimum Gasteiger partial charge on any atom is -0.459 e. The molecular formula is C36H54O9. The first-order chi connectivity index (χ1) is 21.0. The van der Waals surface area contributed by atoms with Gasteiger partial charge in [-0.1, -0.05) is 6.92 Å². The summed E-state index contributed by atoms with van der Waals surface area (Å²) >= 11 is 0. The van der Waals surface area contributed by atoms with Crippen LogP contribution in [0.2, 0.25) is 0 Å². The third-order valence-electron chi connectivity index (χ3n) is 13.1. The van der Waals surface area contributed by atoms with Crippen LogP contribution in [0, 0.1) is 34.0 Å². The van der Waals surface area contributed by atoms with Gasteiger partial charge in [0, 0.05) is 32.1 Å². The number of carbonyl (C=O) groups excluding carboxylic acids is 3. The lowest BCUT2D eigenvalue weighted by Crippen LogP contribution is -2.67. The van der Waals surface area contributed by atoms with Crippen LogP contribution in [-0.4, -0.2) is 63.4 Å². The molecule has 9 aliphatic rings. The Labute approximate surface area is 267 Å². The standard InChI is InChI=1S/C36H54O9/c1-5-31(4,18-30(2,3)27(37)44-36-17-25-13-33(40,21-36)20-34(41,14-25)22-36)28(38)45-35-15-23-10-24(16-35)12-32(11-23,19-35)29(39)43-26-8-6-7-9-42-26/h23-26,40-41H,5-22H2,1-4H3. The van der Waals surface area contributed by atoms with Gasteiger partial charge >= 0.3 is 17.9 Å². The van der Waals surface area contributed by atoms with E-state index in [1.807, 2.05) is 27.7 Å². The summed E-state index contributed by atoms with van der Waals surface area (Å²) in [5.74, 6) is -0.119. The molecule has 9 fully saturated rings. The van der Waals surface area contributed by atoms with Crippen LogP contribution in [0.25, 0.3) is 0 Å². The van der Waals surface area contributed by atoms with Crippen molar-refractivity contribution in [3.8, 4) is 0 Å². The maximum Gasteiger partial charge on any atom is 0.314 e. The molecule has 0 aromatic carbocycles. The molecule has 0 amide bonds. The Morgan fingerprint density at radius 2 is 1.40 bits per heavy atom. The second kappa shape index (κ2) is 10.4. The highest BCUT2D eigenvalue weighted by Gasteiger charge is 2.66. The summed E-state index contributed by atoms with van der Waals surface area (Å²) in [6.07, 6.45) is 10.6. The molecule has 9 heteroatoms. The van der Waals surface area contributed by atoms with Gasteiger partial charge in [0.1, 0.15) is 11.2 Å². The normalized spacial score (nSPS) is 46.0. The van der Waals surface area contributed by atoms with Crippen LogP contribution in [0.1, 0.15) is 137 Å². The number of carbonyl (C=O) groups is 3. The van der Waals surface area contributed by atoms with Crippen molar-refractivity contribution in [3.05, 3.63) is 0 Å². The molecule has 8 bridgehead atoms. The van der Waals surface area contributed by atoms with Gasteiger partial charge in [-0.05, 0) is 116 Å². The van der Waals surface area contributed by atoms with Crippen molar-refractivity contribution in [1.29, 1.82) is 0 Å². The smallest absolute Gasteiger partial charge is 0.314 e. The molecule has 8 saturated carbocycles. The third kappa shape index (κ3) is 5.64. The molecular weight excluding hydrogens is 576 g/mol. The van der Waals surface area contributed by atoms with Gasteiger partial charge in [-0.3, -0.25) is 14.4 Å². The van der Waals surface area contributed by atoms with Crippen molar-refractivity contribution >= 4 is 17.9 Å². The van der Waals surface area contributed by atoms with E-state index >= 15 is 0 Å². The quantitative estimate of drug-likeness (QED) is 0.250. The average molecular weight is 631 g/mol. The van der Waals surface area contributed by atoms with Crippen molar-refractivity contribution in [2.75, 3.05) is 6.61 Å². The van der Waals surface area contributed by atoms with Crippen molar-refractivity contribution in [2.24, 2.45) is 34.0 Å². The Hall–Kier alpha value is -1.71. The van der Waals surface area contributed by atoms with Crippen LogP contribution in [0.4, 0.5) is 0 Å². The van der Waals surface area contributed by atoms with Crippen LogP contribution in [0.3, 0.4) is 0 Å². The van der Waals surface area contributed by atoms with Gasteiger partial charge in [0.05, 0.1) is 34.1 Å². The molecule has 0 spiro atoms. The Morgan fingerprint density at radius 3 is 1.98 bits per heavy atom. The molecule has 0 radical (unpaired) electrons. The second-order valence-electron chi connectivity index (χ2n) is 18.0. The van der Waals surface area contributed by atoms with Crippen LogP contribution in [0.15, 0.2) is 0 Å². The van der Waals surface area contributed by atoms with Crippen LogP contribution >= 0.6 is 0 Å². The van der Waals surface area contributed by atoms with E-state index in [-0.39, 0.29) is 24.3 Å². The lowest BCUT2D eigenvalue weighted by atomic mass is 9.48. The number of aliphatic hydroxyl groups is 2. The summed E-state index contributed by atoms with van der Waals surface area (Å²) in [6.45, 7) is 8.09. The summed E-state index contributed by atoms with van der Waals surface area (Å²) in [5.41, 5.74) is -6.12. The lowest BCUT2D eigenvalue weighted by molar-refractivity contribution is -0.264. The predicted molar refractivity (Wildman–Crippen MR) is 162 cm³/mol. The van der Waals surface area contributed by atoms with E-state index in [1.165, 1.54) is 0 Å². The maximum absolute atomic E-state index is 14.2. The zero-order valence-corrected chi connectivity index (χ0v) is 27.8. The largest absolute Gasteiger partial charge is 0.459 e. The number of rotatable bonds is 9. The lowest BCUT2D eigenvalue weighted by Gasteiger charge is -2.62. The monoisotopic (exact) mass is 630 g/mol. The van der Waals surface area contributed by atoms with Crippen molar-refractivity contribution in [1.82, 2.24) is 0 Å². The SMILES string of the molecule is CCC(C)(CC(C)(C)C(=O)OC12CC3CC(O)(CC(O)(C3)C1)C2)C(=O)OC12CC3CC(C1)CC(C(=O)OC1CCCCO1)(C3)C2. The van der Waals surface area contributed by atoms with Crippen LogP contribution in [0.5, 0.6) is 0 Å². The Balaban J connectivity index is 1.04. The third-order valence-corrected chi connectivity index (χ3v) is 13.1. The Kier molecular flexibility index (Phi) is 7.36. The molecule has 45 heavy (non-hydrogen) atoms. The van der Waals surface area contributed by atoms with Gasteiger partial charge in [-0.15, -0.1) is 0 Å². The number of hydrogen-bond acceptors (Lipinski definition) is 9. The molecule has 9 rings (SSSR count). The van der Waals surface area contributed by atoms with E-state index in [0.717, 1.165) is 51.4 Å². The highest BCUT2D eigenvalue weighted by atomic mass is 16.7. The molecule has 2 N–H and O–H groups in total. The average Bonchev–Trinajstić information content (AvgIpc) is 2.90. The van der Waals surface area contributed by atoms with E-state index in [1.54, 1.807) is 0 Å². The van der Waals surface area contributed by atoms with Gasteiger partial charge in [0.15, 0.2) is 0 Å². The topological polar surface area (TPSA) is 129 Å². The summed E-state index contributed by atoms with van der Waals surface area (Å²) in [7, 11) is 0. The molecule has 1 saturated heterocycles. The molecule has 6 atom stereocenters. The molecule has 9 nitrogen and oxygen atoms in total. The van der Waals surface area contributed by atoms with Gasteiger partial charge in [0.2, 0.25) is 6.29 Å². The molecule has 1 heterocycles. The van der Waals surface area contributed by atoms with E-state index in [0.29, 0.717) is 69.8 Å². The fourth-order valence-corrected chi connectivity index (χ4v) is 12.0. The van der Waals surface area contributed by atoms with Crippen molar-refractivity contribution < 1.29 is 43.5 Å². The number of esters is 3. The minimum atomic E-state index is -0.995. The van der Waals surface area contributed by atoms with Crippen molar-refractivity contribution in [2.45, 2.75) is 166 Å². The van der Waals surface area contributed by atoms with Gasteiger partial charge in [-0.2, -0.15) is 0 Å². The summed E-state index contributed by atoms with van der Waals surface area (Å²) in [6, 6.07) is 0. The molecule has 0 aromatic heterocycles. The van der Waals surface area contributed by atoms with Gasteiger partial charge in [-0.25, -0.2) is 0 Å². The van der Waals surface area contributed by atoms with Crippen LogP contribution in [-0.2, 0) is 33.3 Å². The minimum absolute atomic E-state index is 0.138. The van der Waals surface area contributed by atoms with E-state index in [9.17, 15) is 24.6 Å². The zero-order valence-electron chi connectivity index (χ0n) is 27.8. The highest BCUT2D eigenvalue weighted by Crippen LogP contribution is 2.64. The first-order valence-corrected chi connectivity index (χ1v) is 17.7. The zero-order chi connectivity index (χ0) is 32.1. The summed E-state index contributed by atoms with van der Waals surface area (Å²) in [5, 5.41) is 22.4. The fraction of sp³-hybridized carbons (Fsp3) is 0.917. The number of hydrogen-bond donors (Lipinski definition) is 2. The highest BCUT2D eigenvalue weighted by molar-refractivity contribution is 5.81. The molecule has 0 aromatic rings. The van der Waals surface area contributed by atoms with Crippen molar-refractivity contribution in [3.63, 3.8) is 0 Å². The van der Waals surface area contributed by atoms with Gasteiger partial charge in [0.25, 0.3) is 0 Å². The maximum atomic E-state index is 14.2. The number of ether oxygens (including phenoxy) is 4. The summed E-state index contributed by atoms with van der Waals surface area (Å²) in [4.78, 5) is 41.7. The van der Waals surface area contributed by atoms with E-state index in [4.69, 9.17) is 18.9 Å². The summed E-state index contributed by atoms with van der Waals surface area (Å²) < 4.78 is 24.5. The Morgan fingerprint density at radius 1 is 0.778 bits per heavy atom. The van der Waals surface area contributed by atoms with Gasteiger partial charge < -0.3 is 29.2 Å². The molecule has 252 valence electrons. The van der Waals surface area contributed by atoms with E-state index < -0.39 is 50.9 Å². The first kappa shape index (κ1) is 31.9. The molecule has 1 aliphatic heterocycles. The molecule has 8 aliphatic carbocycles. The van der Waals surface area contributed by atoms with Crippen LogP contribution < -0.4 is 0 Å². The second-order valence-corrected chi connectivity index (χ2v) is 18.0. The van der Waals surface area contributed by atoms with E-state index in [2.05, 4.69) is 0 Å². The predicted octanol–water partition coefficient (Wildman–Crippen LogP) is 5.51. The fourth-order valence-electron chi connectivity index (χ4n) is 12.0.